The number of anilines is 1. The average Bonchev–Trinajstić information content (AvgIpc) is 2.68. The summed E-state index contributed by atoms with van der Waals surface area (Å²) in [6.45, 7) is 0. The molecule has 2 amide bonds. The van der Waals surface area contributed by atoms with Gasteiger partial charge < -0.3 is 10.6 Å². The highest BCUT2D eigenvalue weighted by atomic mass is 79.9. The number of nitrogens with zero attached hydrogens (tertiary/aromatic N) is 2. The minimum Gasteiger partial charge on any atom is -0.344 e. The second-order valence-electron chi connectivity index (χ2n) is 3.37. The Kier molecular flexibility index (Phi) is 3.14. The lowest BCUT2D eigenvalue weighted by Gasteiger charge is -2.09. The molecule has 1 fully saturated rings. The van der Waals surface area contributed by atoms with Gasteiger partial charge in [0.25, 0.3) is 0 Å². The molecule has 1 aromatic rings. The fraction of sp³-hybridized carbons (Fsp3) is 0.333. The summed E-state index contributed by atoms with van der Waals surface area (Å²) >= 11 is 3.14. The van der Waals surface area contributed by atoms with Gasteiger partial charge in [-0.1, -0.05) is 0 Å². The van der Waals surface area contributed by atoms with E-state index >= 15 is 0 Å². The van der Waals surface area contributed by atoms with Crippen molar-refractivity contribution in [2.24, 2.45) is 0 Å². The van der Waals surface area contributed by atoms with E-state index in [2.05, 4.69) is 36.5 Å². The Labute approximate surface area is 100.0 Å². The smallest absolute Gasteiger partial charge is 0.248 e. The Bertz CT molecular complexity index is 420. The average molecular weight is 285 g/mol. The molecule has 0 aromatic carbocycles. The molecule has 16 heavy (non-hydrogen) atoms. The van der Waals surface area contributed by atoms with E-state index in [0.29, 0.717) is 23.3 Å². The Morgan fingerprint density at radius 1 is 1.50 bits per heavy atom. The molecule has 1 saturated heterocycles. The van der Waals surface area contributed by atoms with Gasteiger partial charge in [-0.25, -0.2) is 9.97 Å². The van der Waals surface area contributed by atoms with Crippen molar-refractivity contribution in [2.75, 3.05) is 5.32 Å². The van der Waals surface area contributed by atoms with Crippen molar-refractivity contribution < 1.29 is 9.59 Å². The van der Waals surface area contributed by atoms with E-state index < -0.39 is 6.04 Å². The molecule has 0 radical (unpaired) electrons. The summed E-state index contributed by atoms with van der Waals surface area (Å²) in [4.78, 5) is 30.5. The summed E-state index contributed by atoms with van der Waals surface area (Å²) in [5.41, 5.74) is 0. The van der Waals surface area contributed by atoms with Crippen LogP contribution in [0.5, 0.6) is 0 Å². The largest absolute Gasteiger partial charge is 0.344 e. The summed E-state index contributed by atoms with van der Waals surface area (Å²) in [7, 11) is 0. The van der Waals surface area contributed by atoms with Gasteiger partial charge in [0.05, 0.1) is 12.4 Å². The molecule has 1 aliphatic heterocycles. The predicted molar refractivity (Wildman–Crippen MR) is 59.5 cm³/mol. The fourth-order valence-corrected chi connectivity index (χ4v) is 1.61. The zero-order valence-electron chi connectivity index (χ0n) is 8.24. The van der Waals surface area contributed by atoms with Crippen LogP contribution in [0, 0.1) is 0 Å². The van der Waals surface area contributed by atoms with Crippen LogP contribution in [0.25, 0.3) is 0 Å². The molecule has 0 spiro atoms. The van der Waals surface area contributed by atoms with Gasteiger partial charge in [-0.2, -0.15) is 0 Å². The first-order valence-corrected chi connectivity index (χ1v) is 5.52. The molecule has 0 aliphatic carbocycles. The first-order chi connectivity index (χ1) is 7.65. The zero-order valence-corrected chi connectivity index (χ0v) is 9.82. The van der Waals surface area contributed by atoms with Crippen LogP contribution < -0.4 is 10.6 Å². The van der Waals surface area contributed by atoms with Crippen LogP contribution in [0.2, 0.25) is 0 Å². The quantitative estimate of drug-likeness (QED) is 0.826. The van der Waals surface area contributed by atoms with Gasteiger partial charge in [-0.15, -0.1) is 0 Å². The van der Waals surface area contributed by atoms with Crippen molar-refractivity contribution in [3.8, 4) is 0 Å². The van der Waals surface area contributed by atoms with E-state index in [1.165, 1.54) is 12.4 Å². The van der Waals surface area contributed by atoms with Crippen LogP contribution in [0.3, 0.4) is 0 Å². The number of hydrogen-bond acceptors (Lipinski definition) is 4. The van der Waals surface area contributed by atoms with Gasteiger partial charge in [0.2, 0.25) is 11.8 Å². The minimum atomic E-state index is -0.460. The van der Waals surface area contributed by atoms with Crippen LogP contribution in [0.1, 0.15) is 12.8 Å². The number of carbonyl (C=O) groups is 2. The maximum Gasteiger partial charge on any atom is 0.248 e. The molecule has 84 valence electrons. The van der Waals surface area contributed by atoms with Crippen LogP contribution >= 0.6 is 15.9 Å². The van der Waals surface area contributed by atoms with Crippen molar-refractivity contribution in [1.82, 2.24) is 15.3 Å². The maximum absolute atomic E-state index is 11.6. The number of aromatic nitrogens is 2. The molecule has 7 heteroatoms. The third kappa shape index (κ3) is 2.54. The molecule has 0 bridgehead atoms. The predicted octanol–water partition coefficient (Wildman–Crippen LogP) is 0.456. The van der Waals surface area contributed by atoms with E-state index in [1.54, 1.807) is 0 Å². The number of rotatable bonds is 2. The molecule has 2 N–H and O–H groups in total. The van der Waals surface area contributed by atoms with Gasteiger partial charge >= 0.3 is 0 Å². The van der Waals surface area contributed by atoms with Crippen LogP contribution in [0.15, 0.2) is 17.0 Å². The van der Waals surface area contributed by atoms with Crippen molar-refractivity contribution in [2.45, 2.75) is 18.9 Å². The Balaban J connectivity index is 1.97. The summed E-state index contributed by atoms with van der Waals surface area (Å²) in [6.07, 6.45) is 3.85. The lowest BCUT2D eigenvalue weighted by Crippen LogP contribution is -2.37. The van der Waals surface area contributed by atoms with Crippen molar-refractivity contribution >= 4 is 33.6 Å². The normalized spacial score (nSPS) is 19.3. The van der Waals surface area contributed by atoms with Crippen molar-refractivity contribution in [3.63, 3.8) is 0 Å². The zero-order chi connectivity index (χ0) is 11.5. The van der Waals surface area contributed by atoms with E-state index in [4.69, 9.17) is 0 Å². The van der Waals surface area contributed by atoms with Crippen LogP contribution in [-0.2, 0) is 9.59 Å². The number of amides is 2. The standard InChI is InChI=1S/C9H9BrN4O2/c10-6-3-12-7(4-11-6)14-9(16)5-1-2-8(15)13-5/h3-5H,1-2H2,(H,13,15)(H,12,14,16). The summed E-state index contributed by atoms with van der Waals surface area (Å²) in [5.74, 6) is 0.0128. The highest BCUT2D eigenvalue weighted by molar-refractivity contribution is 9.10. The van der Waals surface area contributed by atoms with Gasteiger partial charge in [-0.05, 0) is 22.4 Å². The van der Waals surface area contributed by atoms with E-state index in [9.17, 15) is 9.59 Å². The van der Waals surface area contributed by atoms with Crippen LogP contribution in [0.4, 0.5) is 5.82 Å². The van der Waals surface area contributed by atoms with Crippen LogP contribution in [-0.4, -0.2) is 27.8 Å². The Hall–Kier alpha value is -1.50. The molecule has 6 nitrogen and oxygen atoms in total. The van der Waals surface area contributed by atoms with Gasteiger partial charge in [0, 0.05) is 6.42 Å². The first kappa shape index (κ1) is 11.0. The summed E-state index contributed by atoms with van der Waals surface area (Å²) in [6, 6.07) is -0.460. The van der Waals surface area contributed by atoms with E-state index in [-0.39, 0.29) is 11.8 Å². The molecular formula is C9H9BrN4O2. The molecular weight excluding hydrogens is 276 g/mol. The van der Waals surface area contributed by atoms with Gasteiger partial charge in [0.1, 0.15) is 10.6 Å². The second kappa shape index (κ2) is 4.56. The number of halogens is 1. The number of carbonyl (C=O) groups excluding carboxylic acids is 2. The summed E-state index contributed by atoms with van der Waals surface area (Å²) < 4.78 is 0.597. The monoisotopic (exact) mass is 284 g/mol. The fourth-order valence-electron chi connectivity index (χ4n) is 1.40. The van der Waals surface area contributed by atoms with Crippen molar-refractivity contribution in [1.29, 1.82) is 0 Å². The third-order valence-corrected chi connectivity index (χ3v) is 2.59. The second-order valence-corrected chi connectivity index (χ2v) is 4.18. The molecule has 1 unspecified atom stereocenters. The van der Waals surface area contributed by atoms with E-state index in [1.807, 2.05) is 0 Å². The third-order valence-electron chi connectivity index (χ3n) is 2.18. The first-order valence-electron chi connectivity index (χ1n) is 4.73. The van der Waals surface area contributed by atoms with Gasteiger partial charge in [-0.3, -0.25) is 9.59 Å². The van der Waals surface area contributed by atoms with Gasteiger partial charge in [0.15, 0.2) is 5.82 Å². The molecule has 1 aliphatic rings. The number of hydrogen-bond donors (Lipinski definition) is 2. The molecule has 1 atom stereocenters. The molecule has 2 heterocycles. The molecule has 2 rings (SSSR count). The van der Waals surface area contributed by atoms with E-state index in [0.717, 1.165) is 0 Å². The maximum atomic E-state index is 11.6. The lowest BCUT2D eigenvalue weighted by atomic mass is 10.2. The Morgan fingerprint density at radius 3 is 2.88 bits per heavy atom. The Morgan fingerprint density at radius 2 is 2.31 bits per heavy atom. The lowest BCUT2D eigenvalue weighted by molar-refractivity contribution is -0.122. The highest BCUT2D eigenvalue weighted by Crippen LogP contribution is 2.10. The number of nitrogens with one attached hydrogen (secondary N) is 2. The topological polar surface area (TPSA) is 84.0 Å². The molecule has 1 aromatic heterocycles. The SMILES string of the molecule is O=C1CCC(C(=O)Nc2cnc(Br)cn2)N1. The molecule has 0 saturated carbocycles. The van der Waals surface area contributed by atoms with Crippen molar-refractivity contribution in [3.05, 3.63) is 17.0 Å². The summed E-state index contributed by atoms with van der Waals surface area (Å²) in [5, 5.41) is 5.16. The minimum absolute atomic E-state index is 0.0953. The highest BCUT2D eigenvalue weighted by Gasteiger charge is 2.27.